The van der Waals surface area contributed by atoms with Crippen LogP contribution in [0.15, 0.2) is 176 Å². The van der Waals surface area contributed by atoms with Crippen molar-refractivity contribution in [1.82, 2.24) is 9.97 Å². The van der Waals surface area contributed by atoms with Gasteiger partial charge in [0.15, 0.2) is 0 Å². The lowest BCUT2D eigenvalue weighted by Gasteiger charge is -2.40. The van der Waals surface area contributed by atoms with E-state index >= 15 is 0 Å². The molecular weight excluding hydrogens is 595 g/mol. The molecule has 0 spiro atoms. The third kappa shape index (κ3) is 4.40. The zero-order valence-electron chi connectivity index (χ0n) is 26.6. The minimum Gasteiger partial charge on any atom is -0.306 e. The topological polar surface area (TPSA) is 32.3 Å². The van der Waals surface area contributed by atoms with Crippen LogP contribution in [0.1, 0.15) is 0 Å². The molecule has 10 rings (SSSR count). The molecule has 0 bridgehead atoms. The van der Waals surface area contributed by atoms with E-state index in [9.17, 15) is 0 Å². The summed E-state index contributed by atoms with van der Waals surface area (Å²) >= 11 is 0. The number of para-hydroxylation sites is 6. The van der Waals surface area contributed by atoms with E-state index in [1.807, 2.05) is 12.4 Å². The molecule has 0 fully saturated rings. The van der Waals surface area contributed by atoms with Crippen LogP contribution in [0.2, 0.25) is 0 Å². The number of anilines is 6. The first-order valence-corrected chi connectivity index (χ1v) is 16.7. The molecule has 228 valence electrons. The first kappa shape index (κ1) is 27.6. The van der Waals surface area contributed by atoms with Gasteiger partial charge in [0.25, 0.3) is 0 Å². The van der Waals surface area contributed by atoms with Crippen LogP contribution >= 0.6 is 0 Å². The maximum absolute atomic E-state index is 5.24. The summed E-state index contributed by atoms with van der Waals surface area (Å²) in [6.45, 7) is 0.0277. The van der Waals surface area contributed by atoms with Gasteiger partial charge >= 0.3 is 0 Å². The lowest BCUT2D eigenvalue weighted by Crippen LogP contribution is -2.49. The van der Waals surface area contributed by atoms with Gasteiger partial charge in [-0.25, -0.2) is 4.98 Å². The fraction of sp³-hybridized carbons (Fsp3) is 0. The second-order valence-corrected chi connectivity index (χ2v) is 12.7. The summed E-state index contributed by atoms with van der Waals surface area (Å²) in [6.07, 6.45) is 3.75. The molecule has 2 aliphatic heterocycles. The van der Waals surface area contributed by atoms with Crippen molar-refractivity contribution in [1.29, 1.82) is 0 Å². The molecule has 0 atom stereocenters. The van der Waals surface area contributed by atoms with E-state index in [0.717, 1.165) is 61.8 Å². The van der Waals surface area contributed by atoms with Gasteiger partial charge in [-0.1, -0.05) is 108 Å². The van der Waals surface area contributed by atoms with Gasteiger partial charge in [0, 0.05) is 23.8 Å². The fourth-order valence-corrected chi connectivity index (χ4v) is 7.78. The van der Waals surface area contributed by atoms with E-state index in [-0.39, 0.29) is 6.71 Å². The smallest absolute Gasteiger partial charge is 0.245 e. The number of fused-ring (bicyclic) bond motifs is 6. The zero-order chi connectivity index (χ0) is 32.3. The molecule has 0 unspecified atom stereocenters. The van der Waals surface area contributed by atoms with Crippen LogP contribution in [0.3, 0.4) is 0 Å². The van der Waals surface area contributed by atoms with Crippen molar-refractivity contribution in [2.24, 2.45) is 0 Å². The van der Waals surface area contributed by atoms with Crippen molar-refractivity contribution < 1.29 is 0 Å². The van der Waals surface area contributed by atoms with E-state index < -0.39 is 0 Å². The second kappa shape index (κ2) is 11.1. The third-order valence-corrected chi connectivity index (χ3v) is 9.88. The largest absolute Gasteiger partial charge is 0.306 e. The Kier molecular flexibility index (Phi) is 6.24. The van der Waals surface area contributed by atoms with Gasteiger partial charge in [0.05, 0.1) is 34.0 Å². The zero-order valence-corrected chi connectivity index (χ0v) is 26.6. The van der Waals surface area contributed by atoms with Crippen molar-refractivity contribution in [2.45, 2.75) is 0 Å². The van der Waals surface area contributed by atoms with Gasteiger partial charge in [0.1, 0.15) is 0 Å². The highest BCUT2D eigenvalue weighted by atomic mass is 15.3. The monoisotopic (exact) mass is 624 g/mol. The third-order valence-electron chi connectivity index (χ3n) is 9.88. The molecule has 2 aromatic heterocycles. The molecule has 4 heterocycles. The first-order valence-electron chi connectivity index (χ1n) is 16.7. The van der Waals surface area contributed by atoms with Gasteiger partial charge in [-0.15, -0.1) is 0 Å². The van der Waals surface area contributed by atoms with Gasteiger partial charge in [-0.3, -0.25) is 4.98 Å². The van der Waals surface area contributed by atoms with E-state index in [1.165, 1.54) is 22.0 Å². The van der Waals surface area contributed by atoms with Gasteiger partial charge < -0.3 is 9.80 Å². The van der Waals surface area contributed by atoms with Crippen LogP contribution in [-0.4, -0.2) is 16.7 Å². The van der Waals surface area contributed by atoms with Crippen LogP contribution in [0.5, 0.6) is 0 Å². The van der Waals surface area contributed by atoms with Crippen LogP contribution in [0.25, 0.3) is 33.3 Å². The Morgan fingerprint density at radius 2 is 1.06 bits per heavy atom. The predicted molar refractivity (Wildman–Crippen MR) is 204 cm³/mol. The summed E-state index contributed by atoms with van der Waals surface area (Å²) in [4.78, 5) is 14.4. The van der Waals surface area contributed by atoms with Crippen molar-refractivity contribution >= 4 is 68.1 Å². The van der Waals surface area contributed by atoms with Crippen LogP contribution < -0.4 is 26.2 Å². The SMILES string of the molecule is c1ccc(N2c3ccccc3N(c3cc(B4c5ccccc5-c5nc6ccccc6cc54)cc(-c4ccncc4)c3)c3ccccc32)cc1. The molecule has 0 N–H and O–H groups in total. The highest BCUT2D eigenvalue weighted by Gasteiger charge is 2.36. The molecule has 49 heavy (non-hydrogen) atoms. The molecule has 5 heteroatoms. The lowest BCUT2D eigenvalue weighted by atomic mass is 9.39. The number of rotatable bonds is 4. The molecule has 8 aromatic rings. The normalized spacial score (nSPS) is 12.8. The molecule has 0 radical (unpaired) electrons. The molecule has 0 saturated heterocycles. The van der Waals surface area contributed by atoms with E-state index in [0.29, 0.717) is 0 Å². The second-order valence-electron chi connectivity index (χ2n) is 12.7. The van der Waals surface area contributed by atoms with Gasteiger partial charge in [-0.2, -0.15) is 0 Å². The highest BCUT2D eigenvalue weighted by molar-refractivity contribution is 6.99. The predicted octanol–water partition coefficient (Wildman–Crippen LogP) is 9.05. The Hall–Kier alpha value is -6.46. The first-order chi connectivity index (χ1) is 24.3. The summed E-state index contributed by atoms with van der Waals surface area (Å²) < 4.78 is 0. The number of aromatic nitrogens is 2. The summed E-state index contributed by atoms with van der Waals surface area (Å²) in [7, 11) is 0. The Labute approximate surface area is 285 Å². The summed E-state index contributed by atoms with van der Waals surface area (Å²) in [5.74, 6) is 0. The number of hydrogen-bond donors (Lipinski definition) is 0. The van der Waals surface area contributed by atoms with Crippen molar-refractivity contribution in [3.8, 4) is 22.4 Å². The quantitative estimate of drug-likeness (QED) is 0.183. The van der Waals surface area contributed by atoms with E-state index in [4.69, 9.17) is 4.98 Å². The molecule has 0 amide bonds. The van der Waals surface area contributed by atoms with Gasteiger partial charge in [0.2, 0.25) is 6.71 Å². The van der Waals surface area contributed by atoms with Crippen molar-refractivity contribution in [3.05, 3.63) is 176 Å². The Balaban J connectivity index is 1.23. The average Bonchev–Trinajstić information content (AvgIpc) is 3.49. The maximum atomic E-state index is 5.24. The standard InChI is InChI=1S/C44H29BN4/c1-2-13-34(14-3-1)48-40-18-8-10-20-42(40)49(43-21-11-9-19-41(43)48)35-27-32(30-22-24-46-25-23-30)26-33(29-35)45-37-16-6-5-15-36(37)44-38(45)28-31-12-4-7-17-39(31)47-44/h1-29H. The van der Waals surface area contributed by atoms with E-state index in [2.05, 4.69) is 179 Å². The molecule has 0 aliphatic carbocycles. The summed E-state index contributed by atoms with van der Waals surface area (Å²) in [5, 5.41) is 1.16. The minimum atomic E-state index is 0.0277. The Morgan fingerprint density at radius 1 is 0.449 bits per heavy atom. The van der Waals surface area contributed by atoms with Crippen LogP contribution in [0, 0.1) is 0 Å². The highest BCUT2D eigenvalue weighted by Crippen LogP contribution is 2.54. The summed E-state index contributed by atoms with van der Waals surface area (Å²) in [5.41, 5.74) is 16.1. The average molecular weight is 625 g/mol. The molecule has 6 aromatic carbocycles. The van der Waals surface area contributed by atoms with Crippen molar-refractivity contribution in [2.75, 3.05) is 9.80 Å². The fourth-order valence-electron chi connectivity index (χ4n) is 7.78. The minimum absolute atomic E-state index is 0.0277. The Bertz CT molecular complexity index is 2490. The molecule has 0 saturated carbocycles. The molecule has 4 nitrogen and oxygen atoms in total. The number of nitrogens with zero attached hydrogens (tertiary/aromatic N) is 4. The van der Waals surface area contributed by atoms with Crippen LogP contribution in [-0.2, 0) is 0 Å². The molecule has 2 aliphatic rings. The van der Waals surface area contributed by atoms with Crippen molar-refractivity contribution in [3.63, 3.8) is 0 Å². The Morgan fingerprint density at radius 3 is 1.80 bits per heavy atom. The van der Waals surface area contributed by atoms with Crippen LogP contribution in [0.4, 0.5) is 34.1 Å². The number of benzene rings is 6. The summed E-state index contributed by atoms with van der Waals surface area (Å²) in [6, 6.07) is 58.9. The maximum Gasteiger partial charge on any atom is 0.245 e. The van der Waals surface area contributed by atoms with E-state index in [1.54, 1.807) is 0 Å². The lowest BCUT2D eigenvalue weighted by molar-refractivity contribution is 1.17. The van der Waals surface area contributed by atoms with Gasteiger partial charge in [-0.05, 0) is 94.3 Å². The molecular formula is C44H29BN4. The number of pyridine rings is 2. The number of hydrogen-bond acceptors (Lipinski definition) is 4.